The van der Waals surface area contributed by atoms with Gasteiger partial charge in [-0.15, -0.1) is 11.8 Å². The van der Waals surface area contributed by atoms with Gasteiger partial charge in [0.1, 0.15) is 0 Å². The van der Waals surface area contributed by atoms with E-state index in [1.54, 1.807) is 25.1 Å². The van der Waals surface area contributed by atoms with Gasteiger partial charge in [-0.2, -0.15) is 0 Å². The lowest BCUT2D eigenvalue weighted by atomic mass is 10.2. The van der Waals surface area contributed by atoms with Gasteiger partial charge in [0.05, 0.1) is 5.25 Å². The predicted molar refractivity (Wildman–Crippen MR) is 74.4 cm³/mol. The van der Waals surface area contributed by atoms with E-state index in [9.17, 15) is 14.4 Å². The van der Waals surface area contributed by atoms with Crippen molar-refractivity contribution in [3.8, 4) is 0 Å². The summed E-state index contributed by atoms with van der Waals surface area (Å²) in [5.74, 6) is -0.400. The zero-order valence-corrected chi connectivity index (χ0v) is 11.8. The SMILES string of the molecule is CNC(=O)NC(=O)C(C)Sc1cccc(C(C)=O)c1. The Hall–Kier alpha value is -1.82. The minimum absolute atomic E-state index is 0.0232. The quantitative estimate of drug-likeness (QED) is 0.651. The number of thioether (sulfide) groups is 1. The molecule has 0 bridgehead atoms. The van der Waals surface area contributed by atoms with Crippen molar-refractivity contribution in [3.63, 3.8) is 0 Å². The lowest BCUT2D eigenvalue weighted by molar-refractivity contribution is -0.119. The minimum atomic E-state index is -0.532. The second-order valence-corrected chi connectivity index (χ2v) is 5.33. The van der Waals surface area contributed by atoms with Gasteiger partial charge in [0, 0.05) is 17.5 Å². The van der Waals surface area contributed by atoms with E-state index in [4.69, 9.17) is 0 Å². The number of hydrogen-bond acceptors (Lipinski definition) is 4. The molecule has 0 saturated heterocycles. The smallest absolute Gasteiger partial charge is 0.321 e. The van der Waals surface area contributed by atoms with Crippen LogP contribution in [0.2, 0.25) is 0 Å². The molecule has 1 aromatic rings. The average molecular weight is 280 g/mol. The van der Waals surface area contributed by atoms with E-state index < -0.39 is 11.3 Å². The van der Waals surface area contributed by atoms with E-state index in [0.717, 1.165) is 4.90 Å². The minimum Gasteiger partial charge on any atom is -0.341 e. The first kappa shape index (κ1) is 15.2. The van der Waals surface area contributed by atoms with Crippen molar-refractivity contribution in [2.24, 2.45) is 0 Å². The van der Waals surface area contributed by atoms with Crippen molar-refractivity contribution >= 4 is 29.5 Å². The number of ketones is 1. The molecule has 0 aliphatic rings. The molecule has 19 heavy (non-hydrogen) atoms. The van der Waals surface area contributed by atoms with E-state index in [-0.39, 0.29) is 11.7 Å². The molecule has 0 aliphatic heterocycles. The van der Waals surface area contributed by atoms with Gasteiger partial charge in [0.15, 0.2) is 5.78 Å². The fourth-order valence-electron chi connectivity index (χ4n) is 1.32. The van der Waals surface area contributed by atoms with E-state index >= 15 is 0 Å². The van der Waals surface area contributed by atoms with Crippen molar-refractivity contribution in [1.82, 2.24) is 10.6 Å². The van der Waals surface area contributed by atoms with Gasteiger partial charge in [-0.3, -0.25) is 14.9 Å². The van der Waals surface area contributed by atoms with Crippen LogP contribution >= 0.6 is 11.8 Å². The Morgan fingerprint density at radius 3 is 2.53 bits per heavy atom. The molecule has 0 saturated carbocycles. The molecule has 3 amide bonds. The van der Waals surface area contributed by atoms with Gasteiger partial charge in [-0.05, 0) is 26.0 Å². The van der Waals surface area contributed by atoms with Crippen molar-refractivity contribution in [2.75, 3.05) is 7.05 Å². The number of urea groups is 1. The highest BCUT2D eigenvalue weighted by atomic mass is 32.2. The molecule has 1 aromatic carbocycles. The number of rotatable bonds is 4. The predicted octanol–water partition coefficient (Wildman–Crippen LogP) is 1.83. The number of carbonyl (C=O) groups excluding carboxylic acids is 3. The number of amides is 3. The van der Waals surface area contributed by atoms with Crippen molar-refractivity contribution in [2.45, 2.75) is 24.0 Å². The molecule has 5 nitrogen and oxygen atoms in total. The molecule has 0 radical (unpaired) electrons. The van der Waals surface area contributed by atoms with Gasteiger partial charge >= 0.3 is 6.03 Å². The fourth-order valence-corrected chi connectivity index (χ4v) is 2.25. The maximum Gasteiger partial charge on any atom is 0.321 e. The van der Waals surface area contributed by atoms with Crippen molar-refractivity contribution in [1.29, 1.82) is 0 Å². The summed E-state index contributed by atoms with van der Waals surface area (Å²) in [6.07, 6.45) is 0. The number of imide groups is 1. The summed E-state index contributed by atoms with van der Waals surface area (Å²) < 4.78 is 0. The summed E-state index contributed by atoms with van der Waals surface area (Å²) in [5, 5.41) is 4.09. The lowest BCUT2D eigenvalue weighted by Crippen LogP contribution is -2.41. The highest BCUT2D eigenvalue weighted by molar-refractivity contribution is 8.00. The summed E-state index contributed by atoms with van der Waals surface area (Å²) in [5.41, 5.74) is 0.601. The number of hydrogen-bond donors (Lipinski definition) is 2. The van der Waals surface area contributed by atoms with Crippen molar-refractivity contribution in [3.05, 3.63) is 29.8 Å². The molecule has 102 valence electrons. The Morgan fingerprint density at radius 2 is 1.95 bits per heavy atom. The molecule has 0 spiro atoms. The van der Waals surface area contributed by atoms with Crippen LogP contribution in [0.3, 0.4) is 0 Å². The van der Waals surface area contributed by atoms with Crippen LogP contribution in [0.1, 0.15) is 24.2 Å². The first-order chi connectivity index (χ1) is 8.93. The summed E-state index contributed by atoms with van der Waals surface area (Å²) in [7, 11) is 1.44. The maximum atomic E-state index is 11.7. The van der Waals surface area contributed by atoms with E-state index in [1.807, 2.05) is 6.07 Å². The fraction of sp³-hybridized carbons (Fsp3) is 0.308. The highest BCUT2D eigenvalue weighted by Crippen LogP contribution is 2.24. The third kappa shape index (κ3) is 4.75. The monoisotopic (exact) mass is 280 g/mol. The number of Topliss-reactive ketones (excluding diaryl/α,β-unsaturated/α-hetero) is 1. The molecule has 2 N–H and O–H groups in total. The van der Waals surface area contributed by atoms with E-state index in [0.29, 0.717) is 5.56 Å². The first-order valence-corrected chi connectivity index (χ1v) is 6.62. The molecule has 0 fully saturated rings. The third-order valence-corrected chi connectivity index (χ3v) is 3.48. The van der Waals surface area contributed by atoms with Gasteiger partial charge in [0.25, 0.3) is 0 Å². The Morgan fingerprint density at radius 1 is 1.26 bits per heavy atom. The summed E-state index contributed by atoms with van der Waals surface area (Å²) >= 11 is 1.29. The highest BCUT2D eigenvalue weighted by Gasteiger charge is 2.16. The zero-order chi connectivity index (χ0) is 14.4. The molecule has 0 heterocycles. The normalized spacial score (nSPS) is 11.5. The number of carbonyl (C=O) groups is 3. The van der Waals surface area contributed by atoms with Gasteiger partial charge < -0.3 is 5.32 Å². The molecule has 6 heteroatoms. The molecular formula is C13H16N2O3S. The van der Waals surface area contributed by atoms with Crippen LogP contribution in [0.15, 0.2) is 29.2 Å². The van der Waals surface area contributed by atoms with Crippen LogP contribution in [0, 0.1) is 0 Å². The first-order valence-electron chi connectivity index (χ1n) is 5.74. The van der Waals surface area contributed by atoms with Crippen LogP contribution < -0.4 is 10.6 Å². The Balaban J connectivity index is 2.68. The third-order valence-electron chi connectivity index (χ3n) is 2.39. The maximum absolute atomic E-state index is 11.7. The molecule has 0 aromatic heterocycles. The average Bonchev–Trinajstić information content (AvgIpc) is 2.38. The Labute approximate surface area is 116 Å². The van der Waals surface area contributed by atoms with Crippen LogP contribution in [0.4, 0.5) is 4.79 Å². The van der Waals surface area contributed by atoms with Crippen LogP contribution in [0.5, 0.6) is 0 Å². The van der Waals surface area contributed by atoms with Gasteiger partial charge in [-0.1, -0.05) is 12.1 Å². The van der Waals surface area contributed by atoms with E-state index in [2.05, 4.69) is 10.6 Å². The standard InChI is InChI=1S/C13H16N2O3S/c1-8(16)10-5-4-6-11(7-10)19-9(2)12(17)15-13(18)14-3/h4-7,9H,1-3H3,(H2,14,15,17,18). The van der Waals surface area contributed by atoms with Gasteiger partial charge in [-0.25, -0.2) is 4.79 Å². The lowest BCUT2D eigenvalue weighted by Gasteiger charge is -2.11. The molecule has 0 aliphatic carbocycles. The molecule has 1 unspecified atom stereocenters. The van der Waals surface area contributed by atoms with Gasteiger partial charge in [0.2, 0.25) is 5.91 Å². The number of benzene rings is 1. The topological polar surface area (TPSA) is 75.3 Å². The van der Waals surface area contributed by atoms with Crippen LogP contribution in [-0.2, 0) is 4.79 Å². The van der Waals surface area contributed by atoms with Crippen molar-refractivity contribution < 1.29 is 14.4 Å². The second kappa shape index (κ2) is 6.94. The summed E-state index contributed by atoms with van der Waals surface area (Å²) in [6, 6.07) is 6.51. The molecule has 1 rings (SSSR count). The van der Waals surface area contributed by atoms with Crippen LogP contribution in [-0.4, -0.2) is 30.0 Å². The second-order valence-electron chi connectivity index (χ2n) is 3.91. The zero-order valence-electron chi connectivity index (χ0n) is 11.0. The largest absolute Gasteiger partial charge is 0.341 e. The van der Waals surface area contributed by atoms with E-state index in [1.165, 1.54) is 25.7 Å². The Bertz CT molecular complexity index is 502. The summed E-state index contributed by atoms with van der Waals surface area (Å²) in [6.45, 7) is 3.19. The molecule has 1 atom stereocenters. The number of nitrogens with one attached hydrogen (secondary N) is 2. The Kier molecular flexibility index (Phi) is 5.57. The molecular weight excluding hydrogens is 264 g/mol. The van der Waals surface area contributed by atoms with Crippen LogP contribution in [0.25, 0.3) is 0 Å². The summed E-state index contributed by atoms with van der Waals surface area (Å²) in [4.78, 5) is 34.8.